The second kappa shape index (κ2) is 12.4. The fourth-order valence-corrected chi connectivity index (χ4v) is 8.33. The van der Waals surface area contributed by atoms with Gasteiger partial charge in [-0.05, 0) is 51.0 Å². The van der Waals surface area contributed by atoms with Crippen LogP contribution in [0.5, 0.6) is 0 Å². The number of halogens is 3. The fraction of sp³-hybridized carbons (Fsp3) is 0.647. The molecule has 3 fully saturated rings. The molecule has 1 saturated heterocycles. The lowest BCUT2D eigenvalue weighted by Gasteiger charge is -2.67. The molecule has 0 radical (unpaired) electrons. The van der Waals surface area contributed by atoms with Crippen molar-refractivity contribution in [2.24, 2.45) is 16.7 Å². The summed E-state index contributed by atoms with van der Waals surface area (Å²) < 4.78 is 27.2. The summed E-state index contributed by atoms with van der Waals surface area (Å²) in [4.78, 5) is 55.1. The van der Waals surface area contributed by atoms with Gasteiger partial charge in [-0.15, -0.1) is 0 Å². The number of ketones is 1. The van der Waals surface area contributed by atoms with Gasteiger partial charge in [0, 0.05) is 25.2 Å². The van der Waals surface area contributed by atoms with Gasteiger partial charge in [-0.25, -0.2) is 9.59 Å². The molecule has 1 aromatic rings. The maximum absolute atomic E-state index is 15.0. The van der Waals surface area contributed by atoms with Gasteiger partial charge in [0.1, 0.15) is 30.0 Å². The number of aliphatic hydroxyl groups is 3. The maximum Gasteiger partial charge on any atom is 0.509 e. The molecule has 1 aromatic carbocycles. The van der Waals surface area contributed by atoms with E-state index in [9.17, 15) is 34.5 Å². The molecule has 1 heterocycles. The Balaban J connectivity index is 1.77. The highest BCUT2D eigenvalue weighted by atomic mass is 35.6. The summed E-state index contributed by atoms with van der Waals surface area (Å²) in [6.07, 6.45) is -9.60. The molecular weight excluding hydrogens is 707 g/mol. The van der Waals surface area contributed by atoms with Gasteiger partial charge in [0.05, 0.1) is 29.6 Å². The molecule has 1 aliphatic heterocycles. The average Bonchev–Trinajstić information content (AvgIpc) is 2.98. The van der Waals surface area contributed by atoms with E-state index in [1.165, 1.54) is 39.8 Å². The number of carbonyl (C=O) groups is 4. The third-order valence-corrected chi connectivity index (χ3v) is 12.5. The van der Waals surface area contributed by atoms with E-state index in [1.54, 1.807) is 32.0 Å². The van der Waals surface area contributed by atoms with Crippen molar-refractivity contribution < 1.29 is 58.2 Å². The molecule has 3 N–H and O–H groups in total. The van der Waals surface area contributed by atoms with E-state index < -0.39 is 98.2 Å². The minimum Gasteiger partial charge on any atom is -0.455 e. The number of rotatable bonds is 5. The lowest BCUT2D eigenvalue weighted by molar-refractivity contribution is -0.346. The van der Waals surface area contributed by atoms with Crippen molar-refractivity contribution in [1.29, 1.82) is 0 Å². The molecule has 15 heteroatoms. The normalized spacial score (nSPS) is 37.0. The van der Waals surface area contributed by atoms with Crippen LogP contribution in [0.1, 0.15) is 71.7 Å². The number of benzene rings is 1. The van der Waals surface area contributed by atoms with Crippen molar-refractivity contribution in [2.75, 3.05) is 6.61 Å². The van der Waals surface area contributed by atoms with Gasteiger partial charge < -0.3 is 39.0 Å². The topological polar surface area (TPSA) is 175 Å². The largest absolute Gasteiger partial charge is 0.509 e. The Morgan fingerprint density at radius 3 is 2.16 bits per heavy atom. The van der Waals surface area contributed by atoms with Crippen LogP contribution >= 0.6 is 34.8 Å². The average molecular weight is 748 g/mol. The summed E-state index contributed by atoms with van der Waals surface area (Å²) >= 11 is 18.1. The summed E-state index contributed by atoms with van der Waals surface area (Å²) in [5.74, 6) is -4.10. The maximum atomic E-state index is 15.0. The predicted molar refractivity (Wildman–Crippen MR) is 175 cm³/mol. The number of ether oxygens (including phenoxy) is 5. The number of hydrogen-bond acceptors (Lipinski definition) is 12. The van der Waals surface area contributed by atoms with Gasteiger partial charge in [-0.3, -0.25) is 9.59 Å². The Hall–Kier alpha value is -2.45. The fourth-order valence-electron chi connectivity index (χ4n) is 8.22. The Morgan fingerprint density at radius 1 is 1.02 bits per heavy atom. The minimum absolute atomic E-state index is 0.00590. The number of Topliss-reactive ketones (excluding diaryl/α,β-unsaturated/α-hetero) is 1. The van der Waals surface area contributed by atoms with Crippen molar-refractivity contribution in [3.8, 4) is 0 Å². The van der Waals surface area contributed by atoms with Gasteiger partial charge in [0.25, 0.3) is 0 Å². The molecule has 0 amide bonds. The second-order valence-corrected chi connectivity index (χ2v) is 16.9. The lowest BCUT2D eigenvalue weighted by Crippen LogP contribution is -2.82. The SMILES string of the molecule is CC(=O)O[C@@]12CO[C@@H]1C[C@H](OC(=O)OC(C)(C)C(Cl)(Cl)Cl)[C@@]1(C)C(=O)C(O)C3=C(C)C(O)C[C@@](O)([C@@H](OC(=O)c4ccccc4)[C@H]21)C3(C)C. The van der Waals surface area contributed by atoms with Crippen LogP contribution in [0.2, 0.25) is 0 Å². The summed E-state index contributed by atoms with van der Waals surface area (Å²) in [6, 6.07) is 7.89. The molecule has 3 aliphatic carbocycles. The minimum atomic E-state index is -2.22. The molecule has 12 nitrogen and oxygen atoms in total. The van der Waals surface area contributed by atoms with Crippen molar-refractivity contribution in [3.63, 3.8) is 0 Å². The number of fused-ring (bicyclic) bond motifs is 5. The van der Waals surface area contributed by atoms with Crippen molar-refractivity contribution >= 4 is 58.7 Å². The molecule has 0 spiro atoms. The standard InChI is InChI=1S/C34H41Cl3O12/c1-16-19(39)14-33(44)26(47-27(42)18-11-9-8-10-12-18)24-31(7,25(41)23(40)22(16)29(33,3)4)20(13-21-32(24,15-45-21)48-17(2)38)46-28(43)49-30(5,6)34(35,36)37/h8-12,19-21,23-24,26,39-40,44H,13-15H2,1-7H3/t19?,20-,21+,23?,24-,26-,31+,32-,33+/m0/s1. The molecule has 270 valence electrons. The molecule has 4 aliphatic rings. The number of alkyl halides is 3. The first-order valence-corrected chi connectivity index (χ1v) is 17.0. The molecular formula is C34H41Cl3O12. The Bertz CT molecular complexity index is 1570. The predicted octanol–water partition coefficient (Wildman–Crippen LogP) is 4.39. The van der Waals surface area contributed by atoms with E-state index in [0.717, 1.165) is 6.92 Å². The zero-order chi connectivity index (χ0) is 36.7. The first kappa shape index (κ1) is 37.8. The van der Waals surface area contributed by atoms with Gasteiger partial charge in [0.2, 0.25) is 3.79 Å². The summed E-state index contributed by atoms with van der Waals surface area (Å²) in [5.41, 5.74) is -8.91. The van der Waals surface area contributed by atoms with Gasteiger partial charge in [0.15, 0.2) is 17.0 Å². The van der Waals surface area contributed by atoms with Crippen LogP contribution in [0.25, 0.3) is 0 Å². The van der Waals surface area contributed by atoms with E-state index >= 15 is 0 Å². The zero-order valence-corrected chi connectivity index (χ0v) is 30.4. The number of carbonyl (C=O) groups excluding carboxylic acids is 4. The van der Waals surface area contributed by atoms with Gasteiger partial charge >= 0.3 is 18.1 Å². The summed E-state index contributed by atoms with van der Waals surface area (Å²) in [7, 11) is 0. The first-order chi connectivity index (χ1) is 22.5. The zero-order valence-electron chi connectivity index (χ0n) is 28.1. The highest BCUT2D eigenvalue weighted by molar-refractivity contribution is 6.68. The molecule has 2 unspecified atom stereocenters. The first-order valence-electron chi connectivity index (χ1n) is 15.8. The monoisotopic (exact) mass is 746 g/mol. The van der Waals surface area contributed by atoms with Crippen LogP contribution in [0.3, 0.4) is 0 Å². The van der Waals surface area contributed by atoms with Crippen molar-refractivity contribution in [1.82, 2.24) is 0 Å². The van der Waals surface area contributed by atoms with Crippen LogP contribution in [0, 0.1) is 16.7 Å². The molecule has 9 atom stereocenters. The van der Waals surface area contributed by atoms with Gasteiger partial charge in [-0.2, -0.15) is 0 Å². The van der Waals surface area contributed by atoms with Crippen LogP contribution in [-0.2, 0) is 33.3 Å². The van der Waals surface area contributed by atoms with Crippen molar-refractivity contribution in [2.45, 2.75) is 112 Å². The number of aliphatic hydroxyl groups excluding tert-OH is 2. The van der Waals surface area contributed by atoms with Crippen LogP contribution in [-0.4, -0.2) is 96.9 Å². The molecule has 2 bridgehead atoms. The van der Waals surface area contributed by atoms with Gasteiger partial charge in [-0.1, -0.05) is 66.8 Å². The van der Waals surface area contributed by atoms with E-state index in [2.05, 4.69) is 0 Å². The Kier molecular flexibility index (Phi) is 9.53. The van der Waals surface area contributed by atoms with Crippen molar-refractivity contribution in [3.05, 3.63) is 47.0 Å². The second-order valence-electron chi connectivity index (χ2n) is 14.6. The molecule has 5 rings (SSSR count). The highest BCUT2D eigenvalue weighted by Gasteiger charge is 2.78. The Labute approximate surface area is 298 Å². The highest BCUT2D eigenvalue weighted by Crippen LogP contribution is 2.64. The van der Waals surface area contributed by atoms with E-state index in [1.807, 2.05) is 0 Å². The van der Waals surface area contributed by atoms with Crippen LogP contribution < -0.4 is 0 Å². The molecule has 49 heavy (non-hydrogen) atoms. The third kappa shape index (κ3) is 5.75. The lowest BCUT2D eigenvalue weighted by atomic mass is 9.44. The smallest absolute Gasteiger partial charge is 0.455 e. The number of hydrogen-bond donors (Lipinski definition) is 3. The quantitative estimate of drug-likeness (QED) is 0.168. The van der Waals surface area contributed by atoms with E-state index in [-0.39, 0.29) is 29.7 Å². The third-order valence-electron chi connectivity index (χ3n) is 11.2. The molecule has 2 saturated carbocycles. The summed E-state index contributed by atoms with van der Waals surface area (Å²) in [5, 5.41) is 36.2. The van der Waals surface area contributed by atoms with E-state index in [4.69, 9.17) is 58.5 Å². The van der Waals surface area contributed by atoms with E-state index in [0.29, 0.717) is 0 Å². The Morgan fingerprint density at radius 2 is 1.63 bits per heavy atom. The number of esters is 2. The van der Waals surface area contributed by atoms with Crippen LogP contribution in [0.4, 0.5) is 4.79 Å². The summed E-state index contributed by atoms with van der Waals surface area (Å²) in [6.45, 7) is 9.57. The molecule has 0 aromatic heterocycles. The van der Waals surface area contributed by atoms with Crippen LogP contribution in [0.15, 0.2) is 41.5 Å².